The molecule has 2 heterocycles. The van der Waals surface area contributed by atoms with Crippen LogP contribution in [0.2, 0.25) is 0 Å². The summed E-state index contributed by atoms with van der Waals surface area (Å²) >= 11 is 1.75. The van der Waals surface area contributed by atoms with Crippen molar-refractivity contribution in [1.82, 2.24) is 0 Å². The van der Waals surface area contributed by atoms with Crippen molar-refractivity contribution in [3.05, 3.63) is 82.2 Å². The fraction of sp³-hybridized carbons (Fsp3) is 0.333. The van der Waals surface area contributed by atoms with Crippen LogP contribution >= 0.6 is 11.3 Å². The maximum atomic E-state index is 10.5. The molecule has 4 N–H and O–H groups in total. The Morgan fingerprint density at radius 2 is 1.63 bits per heavy atom. The first-order valence-corrected chi connectivity index (χ1v) is 10.8. The van der Waals surface area contributed by atoms with E-state index < -0.39 is 37.1 Å². The van der Waals surface area contributed by atoms with Crippen LogP contribution < -0.4 is 0 Å². The average molecular weight is 427 g/mol. The summed E-state index contributed by atoms with van der Waals surface area (Å²) in [6.07, 6.45) is -5.00. The molecule has 0 spiro atoms. The molecule has 158 valence electrons. The minimum atomic E-state index is -1.38. The summed E-state index contributed by atoms with van der Waals surface area (Å²) in [5, 5.41) is 40.2. The van der Waals surface area contributed by atoms with Crippen LogP contribution in [-0.2, 0) is 11.2 Å². The first-order valence-electron chi connectivity index (χ1n) is 10.0. The smallest absolute Gasteiger partial charge is 0.113 e. The highest BCUT2D eigenvalue weighted by atomic mass is 32.1. The molecule has 0 saturated carbocycles. The first kappa shape index (κ1) is 21.2. The predicted molar refractivity (Wildman–Crippen MR) is 116 cm³/mol. The van der Waals surface area contributed by atoms with Gasteiger partial charge in [0.2, 0.25) is 0 Å². The van der Waals surface area contributed by atoms with Crippen LogP contribution in [0.15, 0.2) is 60.7 Å². The van der Waals surface area contributed by atoms with Crippen LogP contribution in [0.25, 0.3) is 10.4 Å². The molecule has 2 aromatic carbocycles. The van der Waals surface area contributed by atoms with E-state index in [9.17, 15) is 20.4 Å². The van der Waals surface area contributed by atoms with E-state index in [1.165, 1.54) is 15.3 Å². The molecular weight excluding hydrogens is 400 g/mol. The molecule has 1 aromatic heterocycles. The lowest BCUT2D eigenvalue weighted by Gasteiger charge is -2.40. The third kappa shape index (κ3) is 4.07. The van der Waals surface area contributed by atoms with Crippen molar-refractivity contribution in [3.8, 4) is 10.4 Å². The van der Waals surface area contributed by atoms with E-state index in [0.29, 0.717) is 0 Å². The molecule has 6 heteroatoms. The normalized spacial score (nSPS) is 26.6. The number of thiophene rings is 1. The fourth-order valence-corrected chi connectivity index (χ4v) is 5.02. The van der Waals surface area contributed by atoms with Crippen LogP contribution in [0.3, 0.4) is 0 Å². The van der Waals surface area contributed by atoms with Crippen LogP contribution in [0, 0.1) is 6.92 Å². The number of aliphatic hydroxyl groups is 4. The van der Waals surface area contributed by atoms with Crippen molar-refractivity contribution in [3.63, 3.8) is 0 Å². The molecule has 0 bridgehead atoms. The van der Waals surface area contributed by atoms with Crippen LogP contribution in [0.5, 0.6) is 0 Å². The lowest BCUT2D eigenvalue weighted by Crippen LogP contribution is -2.55. The number of hydrogen-bond donors (Lipinski definition) is 4. The number of ether oxygens (including phenoxy) is 1. The van der Waals surface area contributed by atoms with Crippen molar-refractivity contribution in [2.24, 2.45) is 0 Å². The standard InChI is InChI=1S/C24H26O5S/c1-14-16(12-17-10-11-20(30-17)15-6-3-2-4-7-15)8-5-9-18(14)24-23(28)22(27)21(26)19(13-25)29-24/h2-11,19,21-28H,12-13H2,1H3/t19-,21-,22+,23-,24+/m0/s1. The van der Waals surface area contributed by atoms with Gasteiger partial charge in [0, 0.05) is 16.2 Å². The van der Waals surface area contributed by atoms with Gasteiger partial charge in [-0.15, -0.1) is 11.3 Å². The summed E-state index contributed by atoms with van der Waals surface area (Å²) < 4.78 is 5.76. The Kier molecular flexibility index (Phi) is 6.34. The number of hydrogen-bond acceptors (Lipinski definition) is 6. The highest BCUT2D eigenvalue weighted by Crippen LogP contribution is 2.36. The Labute approximate surface area is 179 Å². The molecular formula is C24H26O5S. The van der Waals surface area contributed by atoms with Gasteiger partial charge in [-0.1, -0.05) is 48.5 Å². The van der Waals surface area contributed by atoms with E-state index in [-0.39, 0.29) is 0 Å². The Morgan fingerprint density at radius 3 is 2.37 bits per heavy atom. The Balaban J connectivity index is 1.59. The Hall–Kier alpha value is -2.06. The minimum absolute atomic E-state index is 0.433. The Morgan fingerprint density at radius 1 is 0.867 bits per heavy atom. The fourth-order valence-electron chi connectivity index (χ4n) is 3.98. The van der Waals surface area contributed by atoms with Crippen LogP contribution in [0.4, 0.5) is 0 Å². The third-order valence-corrected chi connectivity index (χ3v) is 6.91. The van der Waals surface area contributed by atoms with Crippen molar-refractivity contribution >= 4 is 11.3 Å². The first-order chi connectivity index (χ1) is 14.5. The predicted octanol–water partition coefficient (Wildman–Crippen LogP) is 2.83. The van der Waals surface area contributed by atoms with Gasteiger partial charge in [-0.25, -0.2) is 0 Å². The Bertz CT molecular complexity index is 984. The van der Waals surface area contributed by atoms with Gasteiger partial charge in [0.25, 0.3) is 0 Å². The van der Waals surface area contributed by atoms with E-state index in [0.717, 1.165) is 23.1 Å². The van der Waals surface area contributed by atoms with E-state index in [2.05, 4.69) is 24.3 Å². The lowest BCUT2D eigenvalue weighted by molar-refractivity contribution is -0.231. The lowest BCUT2D eigenvalue weighted by atomic mass is 9.87. The molecule has 1 saturated heterocycles. The van der Waals surface area contributed by atoms with Crippen LogP contribution in [-0.4, -0.2) is 51.4 Å². The zero-order valence-electron chi connectivity index (χ0n) is 16.7. The summed E-state index contributed by atoms with van der Waals surface area (Å²) in [6.45, 7) is 1.54. The van der Waals surface area contributed by atoms with Gasteiger partial charge in [0.15, 0.2) is 0 Å². The van der Waals surface area contributed by atoms with Crippen molar-refractivity contribution in [1.29, 1.82) is 0 Å². The second-order valence-electron chi connectivity index (χ2n) is 7.69. The summed E-state index contributed by atoms with van der Waals surface area (Å²) in [4.78, 5) is 2.44. The maximum Gasteiger partial charge on any atom is 0.113 e. The van der Waals surface area contributed by atoms with Gasteiger partial charge in [-0.2, -0.15) is 0 Å². The van der Waals surface area contributed by atoms with Crippen molar-refractivity contribution in [2.45, 2.75) is 43.9 Å². The molecule has 4 rings (SSSR count). The number of benzene rings is 2. The zero-order chi connectivity index (χ0) is 21.3. The number of aliphatic hydroxyl groups excluding tert-OH is 4. The van der Waals surface area contributed by atoms with E-state index in [1.54, 1.807) is 11.3 Å². The highest BCUT2D eigenvalue weighted by molar-refractivity contribution is 7.15. The summed E-state index contributed by atoms with van der Waals surface area (Å²) in [5.74, 6) is 0. The minimum Gasteiger partial charge on any atom is -0.394 e. The zero-order valence-corrected chi connectivity index (χ0v) is 17.5. The molecule has 0 radical (unpaired) electrons. The highest BCUT2D eigenvalue weighted by Gasteiger charge is 2.44. The summed E-state index contributed by atoms with van der Waals surface area (Å²) in [5.41, 5.74) is 4.02. The average Bonchev–Trinajstić information content (AvgIpc) is 3.23. The second kappa shape index (κ2) is 8.98. The molecule has 0 amide bonds. The topological polar surface area (TPSA) is 90.2 Å². The molecule has 0 aliphatic carbocycles. The number of rotatable bonds is 5. The third-order valence-electron chi connectivity index (χ3n) is 5.77. The largest absolute Gasteiger partial charge is 0.394 e. The molecule has 1 fully saturated rings. The van der Waals surface area contributed by atoms with Crippen molar-refractivity contribution in [2.75, 3.05) is 6.61 Å². The van der Waals surface area contributed by atoms with Crippen molar-refractivity contribution < 1.29 is 25.2 Å². The molecule has 5 atom stereocenters. The quantitative estimate of drug-likeness (QED) is 0.504. The SMILES string of the molecule is Cc1c(Cc2ccc(-c3ccccc3)s2)cccc1[C@H]1O[C@@H](CO)[C@H](O)[C@@H](O)[C@@H]1O. The van der Waals surface area contributed by atoms with E-state index in [1.807, 2.05) is 43.3 Å². The maximum absolute atomic E-state index is 10.5. The molecule has 3 aromatic rings. The molecule has 1 aliphatic heterocycles. The van der Waals surface area contributed by atoms with Gasteiger partial charge in [-0.05, 0) is 41.3 Å². The second-order valence-corrected chi connectivity index (χ2v) is 8.86. The van der Waals surface area contributed by atoms with Gasteiger partial charge in [0.1, 0.15) is 30.5 Å². The van der Waals surface area contributed by atoms with Crippen LogP contribution in [0.1, 0.15) is 27.7 Å². The monoisotopic (exact) mass is 426 g/mol. The van der Waals surface area contributed by atoms with E-state index >= 15 is 0 Å². The molecule has 1 aliphatic rings. The van der Waals surface area contributed by atoms with E-state index in [4.69, 9.17) is 4.74 Å². The molecule has 30 heavy (non-hydrogen) atoms. The van der Waals surface area contributed by atoms with Gasteiger partial charge in [0.05, 0.1) is 6.61 Å². The summed E-state index contributed by atoms with van der Waals surface area (Å²) in [7, 11) is 0. The molecule has 5 nitrogen and oxygen atoms in total. The van der Waals surface area contributed by atoms with Gasteiger partial charge >= 0.3 is 0 Å². The summed E-state index contributed by atoms with van der Waals surface area (Å²) in [6, 6.07) is 20.3. The van der Waals surface area contributed by atoms with Gasteiger partial charge < -0.3 is 25.2 Å². The van der Waals surface area contributed by atoms with Gasteiger partial charge in [-0.3, -0.25) is 0 Å². The molecule has 0 unspecified atom stereocenters.